The molecule has 0 radical (unpaired) electrons. The van der Waals surface area contributed by atoms with Gasteiger partial charge in [0.2, 0.25) is 0 Å². The Morgan fingerprint density at radius 2 is 2.33 bits per heavy atom. The van der Waals surface area contributed by atoms with Crippen LogP contribution in [-0.4, -0.2) is 17.7 Å². The molecule has 0 saturated heterocycles. The van der Waals surface area contributed by atoms with Gasteiger partial charge >= 0.3 is 6.16 Å². The van der Waals surface area contributed by atoms with Gasteiger partial charge in [0.1, 0.15) is 18.2 Å². The van der Waals surface area contributed by atoms with Gasteiger partial charge in [-0.1, -0.05) is 12.7 Å². The Labute approximate surface area is 108 Å². The van der Waals surface area contributed by atoms with E-state index in [1.807, 2.05) is 12.1 Å². The highest BCUT2D eigenvalue weighted by molar-refractivity contribution is 7.18. The summed E-state index contributed by atoms with van der Waals surface area (Å²) in [6.07, 6.45) is 0.746. The summed E-state index contributed by atoms with van der Waals surface area (Å²) in [5, 5.41) is 0.700. The van der Waals surface area contributed by atoms with Crippen molar-refractivity contribution < 1.29 is 14.3 Å². The molecule has 1 aromatic heterocycles. The molecule has 0 aliphatic carbocycles. The fraction of sp³-hybridized carbons (Fsp3) is 0.167. The third-order valence-corrected chi connectivity index (χ3v) is 3.10. The molecule has 0 fully saturated rings. The highest BCUT2D eigenvalue weighted by Gasteiger charge is 2.08. The summed E-state index contributed by atoms with van der Waals surface area (Å²) in [4.78, 5) is 15.4. The Morgan fingerprint density at radius 3 is 3.11 bits per heavy atom. The van der Waals surface area contributed by atoms with Crippen molar-refractivity contribution in [2.45, 2.75) is 6.61 Å². The van der Waals surface area contributed by atoms with Gasteiger partial charge in [0.15, 0.2) is 0 Å². The second-order valence-electron chi connectivity index (χ2n) is 3.47. The van der Waals surface area contributed by atoms with E-state index in [1.165, 1.54) is 17.4 Å². The van der Waals surface area contributed by atoms with Crippen molar-refractivity contribution in [3.05, 3.63) is 35.9 Å². The van der Waals surface area contributed by atoms with Gasteiger partial charge in [-0.2, -0.15) is 0 Å². The van der Waals surface area contributed by atoms with Gasteiger partial charge in [-0.15, -0.1) is 11.3 Å². The monoisotopic (exact) mass is 264 g/mol. The summed E-state index contributed by atoms with van der Waals surface area (Å²) in [6.45, 7) is 3.66. The van der Waals surface area contributed by atoms with E-state index in [0.29, 0.717) is 10.7 Å². The Kier molecular flexibility index (Phi) is 3.78. The van der Waals surface area contributed by atoms with Crippen LogP contribution in [0.3, 0.4) is 0 Å². The Bertz CT molecular complexity index is 580. The van der Waals surface area contributed by atoms with Gasteiger partial charge < -0.3 is 15.2 Å². The second kappa shape index (κ2) is 5.50. The zero-order valence-corrected chi connectivity index (χ0v) is 10.4. The van der Waals surface area contributed by atoms with Crippen molar-refractivity contribution in [3.8, 4) is 0 Å². The lowest BCUT2D eigenvalue weighted by Gasteiger charge is -2.01. The van der Waals surface area contributed by atoms with Gasteiger partial charge in [0, 0.05) is 5.69 Å². The topological polar surface area (TPSA) is 74.4 Å². The van der Waals surface area contributed by atoms with Crippen LogP contribution in [0, 0.1) is 0 Å². The van der Waals surface area contributed by atoms with Crippen LogP contribution in [0.25, 0.3) is 10.2 Å². The summed E-state index contributed by atoms with van der Waals surface area (Å²) in [7, 11) is 0. The van der Waals surface area contributed by atoms with E-state index in [2.05, 4.69) is 16.3 Å². The summed E-state index contributed by atoms with van der Waals surface area (Å²) >= 11 is 1.45. The molecule has 0 amide bonds. The number of carbonyl (C=O) groups is 1. The van der Waals surface area contributed by atoms with Gasteiger partial charge in [-0.25, -0.2) is 9.78 Å². The van der Waals surface area contributed by atoms with Crippen LogP contribution in [0.5, 0.6) is 0 Å². The lowest BCUT2D eigenvalue weighted by atomic mass is 10.3. The zero-order chi connectivity index (χ0) is 13.0. The zero-order valence-electron chi connectivity index (χ0n) is 9.59. The largest absolute Gasteiger partial charge is 0.509 e. The fourth-order valence-corrected chi connectivity index (χ4v) is 2.20. The first kappa shape index (κ1) is 12.4. The molecule has 0 bridgehead atoms. The maximum absolute atomic E-state index is 11.1. The van der Waals surface area contributed by atoms with Crippen LogP contribution >= 0.6 is 11.3 Å². The minimum atomic E-state index is -0.728. The molecule has 0 unspecified atom stereocenters. The summed E-state index contributed by atoms with van der Waals surface area (Å²) < 4.78 is 10.6. The molecule has 0 saturated carbocycles. The van der Waals surface area contributed by atoms with Crippen LogP contribution in [-0.2, 0) is 16.1 Å². The van der Waals surface area contributed by atoms with E-state index in [1.54, 1.807) is 6.07 Å². The number of hydrogen-bond donors (Lipinski definition) is 1. The number of nitrogen functional groups attached to an aromatic ring is 1. The first-order valence-electron chi connectivity index (χ1n) is 5.24. The highest BCUT2D eigenvalue weighted by atomic mass is 32.1. The van der Waals surface area contributed by atoms with Crippen molar-refractivity contribution in [2.24, 2.45) is 0 Å². The standard InChI is InChI=1S/C12H12N2O3S/c1-2-5-16-12(15)17-7-11-14-9-6-8(13)3-4-10(9)18-11/h2-4,6H,1,5,7,13H2. The molecule has 2 N–H and O–H groups in total. The number of hydrogen-bond acceptors (Lipinski definition) is 6. The van der Waals surface area contributed by atoms with E-state index < -0.39 is 6.16 Å². The third-order valence-electron chi connectivity index (χ3n) is 2.09. The SMILES string of the molecule is C=CCOC(=O)OCc1nc2cc(N)ccc2s1. The molecule has 1 heterocycles. The Morgan fingerprint density at radius 1 is 1.50 bits per heavy atom. The van der Waals surface area contributed by atoms with Gasteiger partial charge in [0.25, 0.3) is 0 Å². The molecule has 5 nitrogen and oxygen atoms in total. The van der Waals surface area contributed by atoms with Crippen LogP contribution in [0.2, 0.25) is 0 Å². The number of nitrogens with two attached hydrogens (primary N) is 1. The van der Waals surface area contributed by atoms with Crippen molar-refractivity contribution in [1.82, 2.24) is 4.98 Å². The van der Waals surface area contributed by atoms with Crippen LogP contribution < -0.4 is 5.73 Å². The molecule has 6 heteroatoms. The highest BCUT2D eigenvalue weighted by Crippen LogP contribution is 2.24. The summed E-state index contributed by atoms with van der Waals surface area (Å²) in [5.41, 5.74) is 7.12. The second-order valence-corrected chi connectivity index (χ2v) is 4.59. The Hall–Kier alpha value is -2.08. The molecular formula is C12H12N2O3S. The average Bonchev–Trinajstić information content (AvgIpc) is 2.75. The average molecular weight is 264 g/mol. The van der Waals surface area contributed by atoms with Crippen LogP contribution in [0.1, 0.15) is 5.01 Å². The lowest BCUT2D eigenvalue weighted by Crippen LogP contribution is -2.07. The molecule has 0 spiro atoms. The smallest absolute Gasteiger partial charge is 0.430 e. The summed E-state index contributed by atoms with van der Waals surface area (Å²) in [5.74, 6) is 0. The Balaban J connectivity index is 1.99. The predicted molar refractivity (Wildman–Crippen MR) is 70.4 cm³/mol. The minimum Gasteiger partial charge on any atom is -0.430 e. The molecule has 94 valence electrons. The quantitative estimate of drug-likeness (QED) is 0.522. The maximum atomic E-state index is 11.1. The van der Waals surface area contributed by atoms with Crippen molar-refractivity contribution in [1.29, 1.82) is 0 Å². The number of anilines is 1. The number of aromatic nitrogens is 1. The first-order chi connectivity index (χ1) is 8.69. The molecule has 0 atom stereocenters. The number of nitrogens with zero attached hydrogens (tertiary/aromatic N) is 1. The maximum Gasteiger partial charge on any atom is 0.509 e. The lowest BCUT2D eigenvalue weighted by molar-refractivity contribution is 0.0577. The first-order valence-corrected chi connectivity index (χ1v) is 6.06. The van der Waals surface area contributed by atoms with E-state index in [-0.39, 0.29) is 13.2 Å². The molecule has 0 aliphatic rings. The molecule has 1 aromatic carbocycles. The number of ether oxygens (including phenoxy) is 2. The fourth-order valence-electron chi connectivity index (χ4n) is 1.34. The van der Waals surface area contributed by atoms with E-state index in [4.69, 9.17) is 10.5 Å². The molecule has 0 aliphatic heterocycles. The number of thiazole rings is 1. The van der Waals surface area contributed by atoms with Gasteiger partial charge in [-0.05, 0) is 18.2 Å². The number of carbonyl (C=O) groups excluding carboxylic acids is 1. The van der Waals surface area contributed by atoms with Gasteiger partial charge in [0.05, 0.1) is 10.2 Å². The number of benzene rings is 1. The molecule has 2 rings (SSSR count). The summed E-state index contributed by atoms with van der Waals surface area (Å²) in [6, 6.07) is 5.48. The van der Waals surface area contributed by atoms with E-state index >= 15 is 0 Å². The number of rotatable bonds is 4. The third kappa shape index (κ3) is 2.98. The van der Waals surface area contributed by atoms with Crippen molar-refractivity contribution in [2.75, 3.05) is 12.3 Å². The van der Waals surface area contributed by atoms with Crippen LogP contribution in [0.4, 0.5) is 10.5 Å². The van der Waals surface area contributed by atoms with Crippen molar-refractivity contribution in [3.63, 3.8) is 0 Å². The minimum absolute atomic E-state index is 0.0925. The van der Waals surface area contributed by atoms with Crippen molar-refractivity contribution >= 4 is 33.4 Å². The molecular weight excluding hydrogens is 252 g/mol. The molecule has 18 heavy (non-hydrogen) atoms. The predicted octanol–water partition coefficient (Wildman–Crippen LogP) is 2.72. The number of fused-ring (bicyclic) bond motifs is 1. The molecule has 2 aromatic rings. The van der Waals surface area contributed by atoms with E-state index in [0.717, 1.165) is 10.2 Å². The van der Waals surface area contributed by atoms with Gasteiger partial charge in [-0.3, -0.25) is 0 Å². The van der Waals surface area contributed by atoms with Crippen LogP contribution in [0.15, 0.2) is 30.9 Å². The van der Waals surface area contributed by atoms with E-state index in [9.17, 15) is 4.79 Å². The normalized spacial score (nSPS) is 10.2.